The minimum atomic E-state index is 0.582. The molecule has 5 rings (SSSR count). The van der Waals surface area contributed by atoms with Gasteiger partial charge in [-0.25, -0.2) is 0 Å². The second-order valence-corrected chi connectivity index (χ2v) is 7.60. The summed E-state index contributed by atoms with van der Waals surface area (Å²) in [6, 6.07) is 2.38. The largest absolute Gasteiger partial charge is 0.297 e. The molecule has 5 fully saturated rings. The van der Waals surface area contributed by atoms with Crippen molar-refractivity contribution in [1.29, 1.82) is 5.26 Å². The summed E-state index contributed by atoms with van der Waals surface area (Å²) < 4.78 is 0. The Labute approximate surface area is 110 Å². The summed E-state index contributed by atoms with van der Waals surface area (Å²) in [5, 5.41) is 8.88. The Morgan fingerprint density at radius 2 is 1.67 bits per heavy atom. The van der Waals surface area contributed by atoms with Crippen LogP contribution in [0.2, 0.25) is 0 Å². The van der Waals surface area contributed by atoms with Gasteiger partial charge in [-0.15, -0.1) is 0 Å². The first kappa shape index (κ1) is 11.3. The smallest absolute Gasteiger partial charge is 0.0625 e. The molecule has 1 unspecified atom stereocenters. The minimum absolute atomic E-state index is 0.582. The Morgan fingerprint density at radius 1 is 1.06 bits per heavy atom. The van der Waals surface area contributed by atoms with Crippen LogP contribution in [0.4, 0.5) is 0 Å². The zero-order chi connectivity index (χ0) is 12.2. The first-order valence-corrected chi connectivity index (χ1v) is 7.89. The van der Waals surface area contributed by atoms with Gasteiger partial charge in [0.05, 0.1) is 6.07 Å². The summed E-state index contributed by atoms with van der Waals surface area (Å²) in [4.78, 5) is 2.82. The highest BCUT2D eigenvalue weighted by Crippen LogP contribution is 2.58. The van der Waals surface area contributed by atoms with Crippen LogP contribution >= 0.6 is 0 Å². The minimum Gasteiger partial charge on any atom is -0.297 e. The fraction of sp³-hybridized carbons (Fsp3) is 0.938. The second kappa shape index (κ2) is 3.97. The predicted octanol–water partition coefficient (Wildman–Crippen LogP) is 3.19. The fourth-order valence-electron chi connectivity index (χ4n) is 6.01. The SMILES string of the molecule is N#CCC1CCN(C23CC4CC(CC(C4)C2)C3)C1. The molecule has 18 heavy (non-hydrogen) atoms. The first-order valence-electron chi connectivity index (χ1n) is 7.89. The van der Waals surface area contributed by atoms with Crippen LogP contribution in [0, 0.1) is 35.0 Å². The van der Waals surface area contributed by atoms with Crippen molar-refractivity contribution in [3.8, 4) is 6.07 Å². The van der Waals surface area contributed by atoms with Crippen molar-refractivity contribution < 1.29 is 0 Å². The summed E-state index contributed by atoms with van der Waals surface area (Å²) in [7, 11) is 0. The Hall–Kier alpha value is -0.550. The summed E-state index contributed by atoms with van der Waals surface area (Å²) in [6.45, 7) is 2.50. The van der Waals surface area contributed by atoms with E-state index >= 15 is 0 Å². The van der Waals surface area contributed by atoms with E-state index in [1.807, 2.05) is 0 Å². The molecule has 1 saturated heterocycles. The highest BCUT2D eigenvalue weighted by molar-refractivity contribution is 5.08. The van der Waals surface area contributed by atoms with E-state index in [0.717, 1.165) is 24.2 Å². The van der Waals surface area contributed by atoms with Gasteiger partial charge in [-0.2, -0.15) is 5.26 Å². The van der Waals surface area contributed by atoms with E-state index < -0.39 is 0 Å². The van der Waals surface area contributed by atoms with Crippen LogP contribution < -0.4 is 0 Å². The third-order valence-corrected chi connectivity index (χ3v) is 6.34. The molecule has 0 aromatic carbocycles. The first-order chi connectivity index (χ1) is 8.77. The molecule has 1 atom stereocenters. The zero-order valence-corrected chi connectivity index (χ0v) is 11.3. The van der Waals surface area contributed by atoms with Gasteiger partial charge in [0.1, 0.15) is 0 Å². The van der Waals surface area contributed by atoms with Crippen molar-refractivity contribution in [2.24, 2.45) is 23.7 Å². The van der Waals surface area contributed by atoms with E-state index in [0.29, 0.717) is 11.5 Å². The molecule has 0 aromatic heterocycles. The molecule has 0 aromatic rings. The lowest BCUT2D eigenvalue weighted by Gasteiger charge is -2.60. The second-order valence-electron chi connectivity index (χ2n) is 7.60. The number of nitrogens with zero attached hydrogens (tertiary/aromatic N) is 2. The van der Waals surface area contributed by atoms with Gasteiger partial charge in [0, 0.05) is 18.5 Å². The lowest BCUT2D eigenvalue weighted by Crippen LogP contribution is -2.59. The van der Waals surface area contributed by atoms with Gasteiger partial charge in [0.15, 0.2) is 0 Å². The highest BCUT2D eigenvalue weighted by Gasteiger charge is 2.54. The molecule has 4 bridgehead atoms. The number of hydrogen-bond donors (Lipinski definition) is 0. The predicted molar refractivity (Wildman–Crippen MR) is 70.8 cm³/mol. The molecule has 4 saturated carbocycles. The van der Waals surface area contributed by atoms with Gasteiger partial charge < -0.3 is 0 Å². The summed E-state index contributed by atoms with van der Waals surface area (Å²) in [5.74, 6) is 3.81. The van der Waals surface area contributed by atoms with E-state index in [2.05, 4.69) is 11.0 Å². The third kappa shape index (κ3) is 1.63. The molecule has 1 heterocycles. The molecular formula is C16H24N2. The van der Waals surface area contributed by atoms with Crippen molar-refractivity contribution in [1.82, 2.24) is 4.90 Å². The fourth-order valence-corrected chi connectivity index (χ4v) is 6.01. The molecule has 98 valence electrons. The maximum absolute atomic E-state index is 8.88. The molecule has 0 spiro atoms. The molecule has 0 N–H and O–H groups in total. The molecular weight excluding hydrogens is 220 g/mol. The van der Waals surface area contributed by atoms with Gasteiger partial charge in [-0.3, -0.25) is 4.90 Å². The van der Waals surface area contributed by atoms with Crippen LogP contribution in [0.25, 0.3) is 0 Å². The molecule has 2 heteroatoms. The van der Waals surface area contributed by atoms with Gasteiger partial charge in [-0.05, 0) is 75.2 Å². The highest BCUT2D eigenvalue weighted by atomic mass is 15.2. The van der Waals surface area contributed by atoms with Gasteiger partial charge in [0.25, 0.3) is 0 Å². The monoisotopic (exact) mass is 244 g/mol. The molecule has 5 aliphatic rings. The summed E-state index contributed by atoms with van der Waals surface area (Å²) in [6.07, 6.45) is 11.1. The normalized spacial score (nSPS) is 50.6. The van der Waals surface area contributed by atoms with Crippen molar-refractivity contribution in [3.63, 3.8) is 0 Å². The average molecular weight is 244 g/mol. The van der Waals surface area contributed by atoms with Gasteiger partial charge >= 0.3 is 0 Å². The van der Waals surface area contributed by atoms with Crippen LogP contribution in [0.5, 0.6) is 0 Å². The Morgan fingerprint density at radius 3 is 2.22 bits per heavy atom. The van der Waals surface area contributed by atoms with Crippen LogP contribution in [-0.2, 0) is 0 Å². The van der Waals surface area contributed by atoms with Crippen LogP contribution in [0.1, 0.15) is 51.4 Å². The molecule has 0 radical (unpaired) electrons. The van der Waals surface area contributed by atoms with Crippen molar-refractivity contribution in [2.75, 3.05) is 13.1 Å². The number of rotatable bonds is 2. The van der Waals surface area contributed by atoms with E-state index in [1.54, 1.807) is 0 Å². The van der Waals surface area contributed by atoms with E-state index in [-0.39, 0.29) is 0 Å². The van der Waals surface area contributed by atoms with Gasteiger partial charge in [0.2, 0.25) is 0 Å². The van der Waals surface area contributed by atoms with Crippen LogP contribution in [0.3, 0.4) is 0 Å². The number of hydrogen-bond acceptors (Lipinski definition) is 2. The maximum Gasteiger partial charge on any atom is 0.0625 e. The lowest BCUT2D eigenvalue weighted by atomic mass is 9.52. The van der Waals surface area contributed by atoms with E-state index in [9.17, 15) is 0 Å². The van der Waals surface area contributed by atoms with Crippen molar-refractivity contribution in [3.05, 3.63) is 0 Å². The maximum atomic E-state index is 8.88. The number of likely N-dealkylation sites (tertiary alicyclic amines) is 1. The van der Waals surface area contributed by atoms with Gasteiger partial charge in [-0.1, -0.05) is 0 Å². The van der Waals surface area contributed by atoms with Crippen molar-refractivity contribution in [2.45, 2.75) is 56.9 Å². The van der Waals surface area contributed by atoms with Crippen molar-refractivity contribution >= 4 is 0 Å². The summed E-state index contributed by atoms with van der Waals surface area (Å²) >= 11 is 0. The average Bonchev–Trinajstić information content (AvgIpc) is 2.77. The zero-order valence-electron chi connectivity index (χ0n) is 11.3. The molecule has 2 nitrogen and oxygen atoms in total. The third-order valence-electron chi connectivity index (χ3n) is 6.34. The molecule has 1 aliphatic heterocycles. The Kier molecular flexibility index (Phi) is 2.49. The molecule has 0 amide bonds. The van der Waals surface area contributed by atoms with E-state index in [4.69, 9.17) is 5.26 Å². The Bertz CT molecular complexity index is 346. The quantitative estimate of drug-likeness (QED) is 0.746. The standard InChI is InChI=1S/C16H24N2/c17-3-1-12-2-4-18(11-12)16-8-13-5-14(9-16)7-15(6-13)10-16/h12-15H,1-2,4-11H2. The van der Waals surface area contributed by atoms with Crippen LogP contribution in [0.15, 0.2) is 0 Å². The number of nitriles is 1. The van der Waals surface area contributed by atoms with E-state index in [1.165, 1.54) is 58.0 Å². The Balaban J connectivity index is 1.53. The topological polar surface area (TPSA) is 27.0 Å². The van der Waals surface area contributed by atoms with Crippen LogP contribution in [-0.4, -0.2) is 23.5 Å². The lowest BCUT2D eigenvalue weighted by molar-refractivity contribution is -0.0813. The summed E-state index contributed by atoms with van der Waals surface area (Å²) in [5.41, 5.74) is 0.582. The molecule has 4 aliphatic carbocycles.